The molecule has 2 unspecified atom stereocenters. The first kappa shape index (κ1) is 24.5. The molecule has 2 amide bonds. The van der Waals surface area contributed by atoms with Crippen molar-refractivity contribution in [3.8, 4) is 16.9 Å². The van der Waals surface area contributed by atoms with Crippen LogP contribution in [0.4, 0.5) is 4.39 Å². The fraction of sp³-hybridized carbons (Fsp3) is 0.250. The summed E-state index contributed by atoms with van der Waals surface area (Å²) in [7, 11) is 1.42. The number of methoxy groups -OCH3 is 1. The van der Waals surface area contributed by atoms with Crippen molar-refractivity contribution in [2.24, 2.45) is 5.73 Å². The smallest absolute Gasteiger partial charge is 0.255 e. The van der Waals surface area contributed by atoms with E-state index in [-0.39, 0.29) is 29.9 Å². The summed E-state index contributed by atoms with van der Waals surface area (Å²) in [5, 5.41) is 20.8. The van der Waals surface area contributed by atoms with Crippen molar-refractivity contribution in [1.82, 2.24) is 15.5 Å². The van der Waals surface area contributed by atoms with Crippen LogP contribution in [0.3, 0.4) is 0 Å². The SMILES string of the molecule is COc1ccc(F)cc1C(=O)NCc1ccc(-c2cc(C3CCC(O)C3)c3cn[nH]c3c2C(N)=O)cc1. The van der Waals surface area contributed by atoms with Gasteiger partial charge in [0.15, 0.2) is 0 Å². The summed E-state index contributed by atoms with van der Waals surface area (Å²) in [6, 6.07) is 13.2. The van der Waals surface area contributed by atoms with Crippen molar-refractivity contribution >= 4 is 22.7 Å². The summed E-state index contributed by atoms with van der Waals surface area (Å²) in [5.41, 5.74) is 10.2. The number of amides is 2. The maximum absolute atomic E-state index is 13.6. The molecule has 1 aliphatic rings. The molecule has 1 heterocycles. The van der Waals surface area contributed by atoms with Crippen LogP contribution in [0.15, 0.2) is 54.7 Å². The number of primary amides is 1. The molecule has 5 rings (SSSR count). The Morgan fingerprint density at radius 1 is 1.19 bits per heavy atom. The van der Waals surface area contributed by atoms with Gasteiger partial charge >= 0.3 is 0 Å². The number of hydrogen-bond acceptors (Lipinski definition) is 5. The van der Waals surface area contributed by atoms with E-state index in [4.69, 9.17) is 10.5 Å². The highest BCUT2D eigenvalue weighted by atomic mass is 19.1. The number of ether oxygens (including phenoxy) is 1. The van der Waals surface area contributed by atoms with Crippen molar-refractivity contribution in [1.29, 1.82) is 0 Å². The van der Waals surface area contributed by atoms with Gasteiger partial charge < -0.3 is 20.9 Å². The van der Waals surface area contributed by atoms with Gasteiger partial charge in [-0.15, -0.1) is 0 Å². The average molecular weight is 503 g/mol. The maximum Gasteiger partial charge on any atom is 0.255 e. The molecule has 5 N–H and O–H groups in total. The van der Waals surface area contributed by atoms with E-state index in [1.54, 1.807) is 6.20 Å². The van der Waals surface area contributed by atoms with Crippen LogP contribution in [0, 0.1) is 5.82 Å². The summed E-state index contributed by atoms with van der Waals surface area (Å²) < 4.78 is 18.8. The van der Waals surface area contributed by atoms with E-state index in [9.17, 15) is 19.1 Å². The second-order valence-corrected chi connectivity index (χ2v) is 9.30. The second kappa shape index (κ2) is 10.0. The van der Waals surface area contributed by atoms with Gasteiger partial charge in [-0.2, -0.15) is 5.10 Å². The van der Waals surface area contributed by atoms with Crippen molar-refractivity contribution in [3.05, 3.63) is 82.8 Å². The van der Waals surface area contributed by atoms with Gasteiger partial charge in [-0.1, -0.05) is 24.3 Å². The van der Waals surface area contributed by atoms with E-state index < -0.39 is 17.6 Å². The van der Waals surface area contributed by atoms with Gasteiger partial charge in [0.1, 0.15) is 11.6 Å². The maximum atomic E-state index is 13.6. The van der Waals surface area contributed by atoms with E-state index in [0.717, 1.165) is 41.0 Å². The molecule has 0 bridgehead atoms. The minimum Gasteiger partial charge on any atom is -0.496 e. The molecule has 1 aromatic heterocycles. The molecule has 1 fully saturated rings. The number of carbonyl (C=O) groups is 2. The Labute approximate surface area is 212 Å². The Bertz CT molecular complexity index is 1480. The third-order valence-corrected chi connectivity index (χ3v) is 6.98. The molecular formula is C28H27FN4O4. The topological polar surface area (TPSA) is 130 Å². The lowest BCUT2D eigenvalue weighted by atomic mass is 9.87. The number of fused-ring (bicyclic) bond motifs is 1. The molecule has 0 radical (unpaired) electrons. The molecule has 190 valence electrons. The highest BCUT2D eigenvalue weighted by molar-refractivity contribution is 6.11. The van der Waals surface area contributed by atoms with E-state index in [2.05, 4.69) is 15.5 Å². The molecule has 1 saturated carbocycles. The first-order valence-corrected chi connectivity index (χ1v) is 12.0. The molecule has 9 heteroatoms. The third-order valence-electron chi connectivity index (χ3n) is 6.98. The number of nitrogens with one attached hydrogen (secondary N) is 2. The number of H-pyrrole nitrogens is 1. The molecule has 3 aromatic carbocycles. The zero-order chi connectivity index (χ0) is 26.1. The molecule has 0 spiro atoms. The van der Waals surface area contributed by atoms with Crippen molar-refractivity contribution < 1.29 is 23.8 Å². The molecule has 37 heavy (non-hydrogen) atoms. The number of carbonyl (C=O) groups excluding carboxylic acids is 2. The van der Waals surface area contributed by atoms with Gasteiger partial charge in [0.05, 0.1) is 36.1 Å². The van der Waals surface area contributed by atoms with Gasteiger partial charge in [-0.3, -0.25) is 14.7 Å². The Hall–Kier alpha value is -4.24. The summed E-state index contributed by atoms with van der Waals surface area (Å²) >= 11 is 0. The quantitative estimate of drug-likeness (QED) is 0.303. The normalized spacial score (nSPS) is 17.2. The van der Waals surface area contributed by atoms with Crippen LogP contribution >= 0.6 is 0 Å². The fourth-order valence-corrected chi connectivity index (χ4v) is 5.13. The van der Waals surface area contributed by atoms with Gasteiger partial charge in [-0.25, -0.2) is 4.39 Å². The molecule has 1 aliphatic carbocycles. The number of halogens is 1. The number of nitrogens with two attached hydrogens (primary N) is 1. The predicted molar refractivity (Wildman–Crippen MR) is 137 cm³/mol. The monoisotopic (exact) mass is 502 g/mol. The summed E-state index contributed by atoms with van der Waals surface area (Å²) in [5.74, 6) is -1.11. The number of benzene rings is 3. The van der Waals surface area contributed by atoms with Gasteiger partial charge in [0.25, 0.3) is 11.8 Å². The highest BCUT2D eigenvalue weighted by Crippen LogP contribution is 2.41. The number of aliphatic hydroxyl groups excluding tert-OH is 1. The predicted octanol–water partition coefficient (Wildman–Crippen LogP) is 4.03. The van der Waals surface area contributed by atoms with E-state index in [0.29, 0.717) is 23.1 Å². The van der Waals surface area contributed by atoms with Crippen LogP contribution in [-0.4, -0.2) is 40.3 Å². The van der Waals surface area contributed by atoms with E-state index in [1.807, 2.05) is 30.3 Å². The lowest BCUT2D eigenvalue weighted by Gasteiger charge is -2.17. The summed E-state index contributed by atoms with van der Waals surface area (Å²) in [4.78, 5) is 25.1. The van der Waals surface area contributed by atoms with Crippen LogP contribution < -0.4 is 15.8 Å². The Morgan fingerprint density at radius 2 is 1.97 bits per heavy atom. The second-order valence-electron chi connectivity index (χ2n) is 9.30. The minimum atomic E-state index is -0.567. The number of nitrogens with zero attached hydrogens (tertiary/aromatic N) is 1. The molecule has 0 aliphatic heterocycles. The van der Waals surface area contributed by atoms with E-state index >= 15 is 0 Å². The Morgan fingerprint density at radius 3 is 2.65 bits per heavy atom. The summed E-state index contributed by atoms with van der Waals surface area (Å²) in [6.07, 6.45) is 3.60. The average Bonchev–Trinajstić information content (AvgIpc) is 3.55. The van der Waals surface area contributed by atoms with Gasteiger partial charge in [0.2, 0.25) is 0 Å². The number of aliphatic hydroxyl groups is 1. The number of rotatable bonds is 7. The Kier molecular flexibility index (Phi) is 6.62. The fourth-order valence-electron chi connectivity index (χ4n) is 5.13. The molecular weight excluding hydrogens is 475 g/mol. The Balaban J connectivity index is 1.43. The molecule has 0 saturated heterocycles. The number of hydrogen-bond donors (Lipinski definition) is 4. The van der Waals surface area contributed by atoms with Crippen LogP contribution in [0.2, 0.25) is 0 Å². The highest BCUT2D eigenvalue weighted by Gasteiger charge is 2.28. The zero-order valence-corrected chi connectivity index (χ0v) is 20.3. The lowest BCUT2D eigenvalue weighted by Crippen LogP contribution is -2.23. The van der Waals surface area contributed by atoms with Crippen LogP contribution in [-0.2, 0) is 6.54 Å². The van der Waals surface area contributed by atoms with Crippen molar-refractivity contribution in [3.63, 3.8) is 0 Å². The van der Waals surface area contributed by atoms with Crippen LogP contribution in [0.5, 0.6) is 5.75 Å². The first-order valence-electron chi connectivity index (χ1n) is 12.0. The van der Waals surface area contributed by atoms with Crippen LogP contribution in [0.1, 0.15) is 57.0 Å². The molecule has 2 atom stereocenters. The zero-order valence-electron chi connectivity index (χ0n) is 20.3. The van der Waals surface area contributed by atoms with Gasteiger partial charge in [-0.05, 0) is 71.7 Å². The number of aromatic amines is 1. The largest absolute Gasteiger partial charge is 0.496 e. The molecule has 8 nitrogen and oxygen atoms in total. The summed E-state index contributed by atoms with van der Waals surface area (Å²) in [6.45, 7) is 0.215. The van der Waals surface area contributed by atoms with Gasteiger partial charge in [0, 0.05) is 11.9 Å². The lowest BCUT2D eigenvalue weighted by molar-refractivity contribution is 0.0946. The number of aromatic nitrogens is 2. The van der Waals surface area contributed by atoms with Crippen molar-refractivity contribution in [2.45, 2.75) is 37.8 Å². The molecule has 4 aromatic rings. The minimum absolute atomic E-state index is 0.114. The van der Waals surface area contributed by atoms with Crippen LogP contribution in [0.25, 0.3) is 22.0 Å². The first-order chi connectivity index (χ1) is 17.9. The standard InChI is InChI=1S/C28H27FN4O4/c1-37-24-9-7-18(29)11-22(24)28(36)31-13-15-2-4-16(5-3-15)21-12-20(17-6-8-19(34)10-17)23-14-32-33-26(23)25(21)27(30)35/h2-5,7,9,11-12,14,17,19,34H,6,8,10,13H2,1H3,(H2,30,35)(H,31,36)(H,32,33). The van der Waals surface area contributed by atoms with E-state index in [1.165, 1.54) is 19.2 Å². The third kappa shape index (κ3) is 4.77. The van der Waals surface area contributed by atoms with Crippen molar-refractivity contribution in [2.75, 3.05) is 7.11 Å².